The fraction of sp³-hybridized carbons (Fsp3) is 0.364. The highest BCUT2D eigenvalue weighted by Gasteiger charge is 2.42. The molecule has 3 aromatic rings. The van der Waals surface area contributed by atoms with Gasteiger partial charge in [0.25, 0.3) is 0 Å². The zero-order valence-electron chi connectivity index (χ0n) is 18.8. The largest absolute Gasteiger partial charge is 0.441 e. The van der Waals surface area contributed by atoms with E-state index in [9.17, 15) is 14.7 Å². The zero-order valence-corrected chi connectivity index (χ0v) is 19.6. The normalized spacial score (nSPS) is 20.2. The van der Waals surface area contributed by atoms with Crippen LogP contribution in [0.1, 0.15) is 38.4 Å². The minimum absolute atomic E-state index is 0.159. The van der Waals surface area contributed by atoms with Crippen LogP contribution in [0.25, 0.3) is 11.4 Å². The number of nitrogens with one attached hydrogen (secondary N) is 2. The number of nitrogens with zero attached hydrogens (tertiary/aromatic N) is 5. The first-order valence-corrected chi connectivity index (χ1v) is 11.0. The van der Waals surface area contributed by atoms with Crippen molar-refractivity contribution in [3.63, 3.8) is 0 Å². The van der Waals surface area contributed by atoms with E-state index in [2.05, 4.69) is 30.9 Å². The van der Waals surface area contributed by atoms with Gasteiger partial charge in [0.1, 0.15) is 11.3 Å². The van der Waals surface area contributed by atoms with Gasteiger partial charge in [-0.05, 0) is 44.9 Å². The van der Waals surface area contributed by atoms with Crippen LogP contribution in [0.4, 0.5) is 16.3 Å². The van der Waals surface area contributed by atoms with Gasteiger partial charge < -0.3 is 15.2 Å². The first-order chi connectivity index (χ1) is 16.1. The summed E-state index contributed by atoms with van der Waals surface area (Å²) in [5, 5.41) is 23.5. The predicted octanol–water partition coefficient (Wildman–Crippen LogP) is 3.33. The van der Waals surface area contributed by atoms with E-state index in [0.29, 0.717) is 35.5 Å². The minimum Gasteiger partial charge on any atom is -0.441 e. The molecule has 3 aromatic heterocycles. The maximum Gasteiger partial charge on any atom is 0.413 e. The third-order valence-corrected chi connectivity index (χ3v) is 5.89. The molecule has 1 fully saturated rings. The van der Waals surface area contributed by atoms with Crippen LogP contribution in [0, 0.1) is 5.92 Å². The summed E-state index contributed by atoms with van der Waals surface area (Å²) in [6, 6.07) is 6.77. The number of pyridine rings is 2. The van der Waals surface area contributed by atoms with E-state index < -0.39 is 17.8 Å². The van der Waals surface area contributed by atoms with Crippen molar-refractivity contribution in [2.75, 3.05) is 10.6 Å². The van der Waals surface area contributed by atoms with Crippen molar-refractivity contribution in [1.82, 2.24) is 25.0 Å². The van der Waals surface area contributed by atoms with E-state index in [1.54, 1.807) is 51.4 Å². The second-order valence-electron chi connectivity index (χ2n) is 8.49. The lowest BCUT2D eigenvalue weighted by Gasteiger charge is -2.39. The average molecular weight is 486 g/mol. The molecule has 1 atom stereocenters. The number of hydrogen-bond donors (Lipinski definition) is 3. The fourth-order valence-corrected chi connectivity index (χ4v) is 4.03. The summed E-state index contributed by atoms with van der Waals surface area (Å²) in [5.74, 6) is -0.0931. The quantitative estimate of drug-likeness (QED) is 0.451. The first kappa shape index (κ1) is 23.6. The van der Waals surface area contributed by atoms with Gasteiger partial charge >= 0.3 is 6.09 Å². The first-order valence-electron chi connectivity index (χ1n) is 10.6. The molecule has 0 bridgehead atoms. The van der Waals surface area contributed by atoms with Gasteiger partial charge in [0.15, 0.2) is 11.5 Å². The molecule has 0 radical (unpaired) electrons. The summed E-state index contributed by atoms with van der Waals surface area (Å²) in [6.45, 7) is 3.40. The van der Waals surface area contributed by atoms with Crippen molar-refractivity contribution in [2.45, 2.75) is 38.4 Å². The molecule has 0 aliphatic heterocycles. The molecule has 1 aliphatic carbocycles. The van der Waals surface area contributed by atoms with Crippen LogP contribution >= 0.6 is 11.6 Å². The highest BCUT2D eigenvalue weighted by Crippen LogP contribution is 2.38. The molecule has 11 nitrogen and oxygen atoms in total. The van der Waals surface area contributed by atoms with Crippen LogP contribution < -0.4 is 10.6 Å². The Balaban J connectivity index is 1.41. The topological polar surface area (TPSA) is 144 Å². The molecule has 0 spiro atoms. The van der Waals surface area contributed by atoms with E-state index in [1.165, 1.54) is 10.9 Å². The molecule has 34 heavy (non-hydrogen) atoms. The second-order valence-corrected chi connectivity index (χ2v) is 8.85. The van der Waals surface area contributed by atoms with Crippen molar-refractivity contribution in [3.05, 3.63) is 47.4 Å². The summed E-state index contributed by atoms with van der Waals surface area (Å²) in [5.41, 5.74) is 1.09. The number of halogens is 1. The molecule has 178 valence electrons. The fourth-order valence-electron chi connectivity index (χ4n) is 3.76. The van der Waals surface area contributed by atoms with Crippen LogP contribution in [-0.2, 0) is 16.6 Å². The molecule has 2 amide bonds. The van der Waals surface area contributed by atoms with Crippen LogP contribution in [0.2, 0.25) is 5.15 Å². The molecule has 0 aromatic carbocycles. The van der Waals surface area contributed by atoms with E-state index in [-0.39, 0.29) is 22.8 Å². The Morgan fingerprint density at radius 3 is 2.68 bits per heavy atom. The predicted molar refractivity (Wildman–Crippen MR) is 124 cm³/mol. The summed E-state index contributed by atoms with van der Waals surface area (Å²) in [7, 11) is 1.62. The highest BCUT2D eigenvalue weighted by molar-refractivity contribution is 6.30. The third kappa shape index (κ3) is 5.15. The van der Waals surface area contributed by atoms with Crippen LogP contribution in [0.5, 0.6) is 0 Å². The molecular formula is C22H24ClN7O4. The molecule has 3 N–H and O–H groups in total. The number of ether oxygens (including phenoxy) is 1. The smallest absolute Gasteiger partial charge is 0.413 e. The van der Waals surface area contributed by atoms with E-state index >= 15 is 0 Å². The van der Waals surface area contributed by atoms with E-state index in [4.69, 9.17) is 16.3 Å². The summed E-state index contributed by atoms with van der Waals surface area (Å²) in [6.07, 6.45) is 2.55. The summed E-state index contributed by atoms with van der Waals surface area (Å²) >= 11 is 6.07. The summed E-state index contributed by atoms with van der Waals surface area (Å²) < 4.78 is 6.81. The molecule has 0 unspecified atom stereocenters. The molecule has 0 saturated heterocycles. The standard InChI is InChI=1S/C22H24ClN7O4/c1-12(15-5-4-8-24-18(15)23)34-21(32)27-19-17(28-29-30(19)3)16-7-6-14(11-25-16)26-20(31)13-9-22(2,33)10-13/h4-8,11-13,33H,9-10H2,1-3H3,(H,26,31)(H,27,32)/t12-,13?,22?/m1/s1. The highest BCUT2D eigenvalue weighted by atomic mass is 35.5. The molecule has 12 heteroatoms. The van der Waals surface area contributed by atoms with Gasteiger partial charge in [-0.25, -0.2) is 14.5 Å². The Bertz CT molecular complexity index is 1200. The van der Waals surface area contributed by atoms with Gasteiger partial charge in [0.05, 0.1) is 23.2 Å². The number of carbonyl (C=O) groups excluding carboxylic acids is 2. The third-order valence-electron chi connectivity index (χ3n) is 5.57. The number of rotatable bonds is 6. The number of aliphatic hydroxyl groups is 1. The molecule has 1 aliphatic rings. The maximum atomic E-state index is 12.5. The van der Waals surface area contributed by atoms with Crippen LogP contribution in [0.3, 0.4) is 0 Å². The zero-order chi connectivity index (χ0) is 24.5. The van der Waals surface area contributed by atoms with Crippen LogP contribution in [0.15, 0.2) is 36.7 Å². The lowest BCUT2D eigenvalue weighted by molar-refractivity contribution is -0.133. The Kier molecular flexibility index (Phi) is 6.49. The molecular weight excluding hydrogens is 462 g/mol. The Hall–Kier alpha value is -3.57. The monoisotopic (exact) mass is 485 g/mol. The van der Waals surface area contributed by atoms with Gasteiger partial charge in [-0.15, -0.1) is 5.10 Å². The molecule has 3 heterocycles. The number of anilines is 2. The minimum atomic E-state index is -0.775. The maximum absolute atomic E-state index is 12.5. The van der Waals surface area contributed by atoms with E-state index in [1.807, 2.05) is 0 Å². The van der Waals surface area contributed by atoms with Gasteiger partial charge in [0, 0.05) is 24.7 Å². The molecule has 1 saturated carbocycles. The lowest BCUT2D eigenvalue weighted by atomic mass is 9.72. The Labute approximate surface area is 200 Å². The number of carbonyl (C=O) groups is 2. The van der Waals surface area contributed by atoms with Crippen LogP contribution in [-0.4, -0.2) is 47.7 Å². The molecule has 4 rings (SSSR count). The number of aromatic nitrogens is 5. The second kappa shape index (κ2) is 9.35. The number of amides is 2. The van der Waals surface area contributed by atoms with Crippen molar-refractivity contribution >= 4 is 35.1 Å². The van der Waals surface area contributed by atoms with Gasteiger partial charge in [-0.2, -0.15) is 0 Å². The van der Waals surface area contributed by atoms with Gasteiger partial charge in [-0.1, -0.05) is 22.9 Å². The lowest BCUT2D eigenvalue weighted by Crippen LogP contribution is -2.46. The summed E-state index contributed by atoms with van der Waals surface area (Å²) in [4.78, 5) is 33.1. The Morgan fingerprint density at radius 1 is 1.26 bits per heavy atom. The average Bonchev–Trinajstić information content (AvgIpc) is 3.12. The number of hydrogen-bond acceptors (Lipinski definition) is 8. The number of aryl methyl sites for hydroxylation is 1. The van der Waals surface area contributed by atoms with Gasteiger partial charge in [-0.3, -0.25) is 15.1 Å². The van der Waals surface area contributed by atoms with Crippen molar-refractivity contribution < 1.29 is 19.4 Å². The van der Waals surface area contributed by atoms with Crippen molar-refractivity contribution in [1.29, 1.82) is 0 Å². The van der Waals surface area contributed by atoms with E-state index in [0.717, 1.165) is 0 Å². The SMILES string of the molecule is C[C@@H](OC(=O)Nc1c(-c2ccc(NC(=O)C3CC(C)(O)C3)cn2)nnn1C)c1cccnc1Cl. The van der Waals surface area contributed by atoms with Crippen molar-refractivity contribution in [2.24, 2.45) is 13.0 Å². The Morgan fingerprint density at radius 2 is 2.03 bits per heavy atom. The van der Waals surface area contributed by atoms with Gasteiger partial charge in [0.2, 0.25) is 5.91 Å². The van der Waals surface area contributed by atoms with Crippen molar-refractivity contribution in [3.8, 4) is 11.4 Å².